The van der Waals surface area contributed by atoms with Crippen LogP contribution >= 0.6 is 0 Å². The maximum absolute atomic E-state index is 11.8. The average Bonchev–Trinajstić information content (AvgIpc) is 3.25. The summed E-state index contributed by atoms with van der Waals surface area (Å²) in [7, 11) is 0. The second-order valence-electron chi connectivity index (χ2n) is 5.39. The predicted octanol–water partition coefficient (Wildman–Crippen LogP) is 4.70. The third-order valence-electron chi connectivity index (χ3n) is 3.62. The number of hydrogen-bond acceptors (Lipinski definition) is 3. The Morgan fingerprint density at radius 3 is 2.14 bits per heavy atom. The van der Waals surface area contributed by atoms with E-state index in [1.807, 2.05) is 54.6 Å². The van der Waals surface area contributed by atoms with Crippen molar-refractivity contribution in [2.45, 2.75) is 13.3 Å². The van der Waals surface area contributed by atoms with Crippen molar-refractivity contribution < 1.29 is 4.79 Å². The molecule has 1 fully saturated rings. The highest BCUT2D eigenvalue weighted by Crippen LogP contribution is 2.38. The fourth-order valence-electron chi connectivity index (χ4n) is 2.14. The van der Waals surface area contributed by atoms with E-state index in [4.69, 9.17) is 0 Å². The molecule has 0 heterocycles. The quantitative estimate of drug-likeness (QED) is 0.810. The Bertz CT molecular complexity index is 649. The molecule has 21 heavy (non-hydrogen) atoms. The standard InChI is InChI=1S/C17H17N3O/c1-12-11-16(12)17(21)18-13-7-9-15(10-8-13)20-19-14-5-3-2-4-6-14/h2-10,12,16H,11H2,1H3,(H,18,21). The summed E-state index contributed by atoms with van der Waals surface area (Å²) >= 11 is 0. The van der Waals surface area contributed by atoms with Crippen LogP contribution in [0.4, 0.5) is 17.1 Å². The molecule has 2 aromatic carbocycles. The van der Waals surface area contributed by atoms with Crippen molar-refractivity contribution in [1.82, 2.24) is 0 Å². The summed E-state index contributed by atoms with van der Waals surface area (Å²) < 4.78 is 0. The summed E-state index contributed by atoms with van der Waals surface area (Å²) in [6.07, 6.45) is 0.995. The fraction of sp³-hybridized carbons (Fsp3) is 0.235. The van der Waals surface area contributed by atoms with E-state index < -0.39 is 0 Å². The molecule has 1 saturated carbocycles. The van der Waals surface area contributed by atoms with Crippen LogP contribution in [0, 0.1) is 11.8 Å². The normalized spacial score (nSPS) is 20.4. The first kappa shape index (κ1) is 13.5. The van der Waals surface area contributed by atoms with Gasteiger partial charge in [0.2, 0.25) is 5.91 Å². The third-order valence-corrected chi connectivity index (χ3v) is 3.62. The van der Waals surface area contributed by atoms with Gasteiger partial charge in [-0.15, -0.1) is 0 Å². The van der Waals surface area contributed by atoms with Gasteiger partial charge in [-0.2, -0.15) is 10.2 Å². The van der Waals surface area contributed by atoms with Crippen LogP contribution in [0.15, 0.2) is 64.8 Å². The minimum atomic E-state index is 0.112. The van der Waals surface area contributed by atoms with Crippen LogP contribution in [0.1, 0.15) is 13.3 Å². The van der Waals surface area contributed by atoms with Gasteiger partial charge < -0.3 is 5.32 Å². The van der Waals surface area contributed by atoms with Gasteiger partial charge >= 0.3 is 0 Å². The van der Waals surface area contributed by atoms with E-state index in [2.05, 4.69) is 22.5 Å². The third kappa shape index (κ3) is 3.54. The van der Waals surface area contributed by atoms with Gasteiger partial charge in [-0.25, -0.2) is 0 Å². The Hall–Kier alpha value is -2.49. The summed E-state index contributed by atoms with van der Waals surface area (Å²) in [6.45, 7) is 2.09. The van der Waals surface area contributed by atoms with Crippen molar-refractivity contribution in [1.29, 1.82) is 0 Å². The molecule has 4 heteroatoms. The molecule has 3 rings (SSSR count). The Balaban J connectivity index is 1.61. The molecule has 0 bridgehead atoms. The molecule has 106 valence electrons. The number of nitrogens with one attached hydrogen (secondary N) is 1. The summed E-state index contributed by atoms with van der Waals surface area (Å²) in [4.78, 5) is 11.8. The lowest BCUT2D eigenvalue weighted by Crippen LogP contribution is -2.14. The smallest absolute Gasteiger partial charge is 0.227 e. The summed E-state index contributed by atoms with van der Waals surface area (Å²) in [5.74, 6) is 0.813. The number of benzene rings is 2. The van der Waals surface area contributed by atoms with E-state index in [0.717, 1.165) is 23.5 Å². The van der Waals surface area contributed by atoms with E-state index in [-0.39, 0.29) is 11.8 Å². The maximum atomic E-state index is 11.8. The first-order chi connectivity index (χ1) is 10.2. The first-order valence-electron chi connectivity index (χ1n) is 7.10. The van der Waals surface area contributed by atoms with Gasteiger partial charge in [-0.05, 0) is 48.7 Å². The lowest BCUT2D eigenvalue weighted by Gasteiger charge is -2.04. The molecule has 4 nitrogen and oxygen atoms in total. The monoisotopic (exact) mass is 279 g/mol. The highest BCUT2D eigenvalue weighted by Gasteiger charge is 2.38. The molecule has 0 aliphatic heterocycles. The van der Waals surface area contributed by atoms with Crippen LogP contribution in [0.3, 0.4) is 0 Å². The van der Waals surface area contributed by atoms with Crippen LogP contribution in [0.2, 0.25) is 0 Å². The molecule has 1 aliphatic rings. The predicted molar refractivity (Wildman–Crippen MR) is 83.0 cm³/mol. The number of carbonyl (C=O) groups is 1. The number of anilines is 1. The van der Waals surface area contributed by atoms with Gasteiger partial charge in [0.05, 0.1) is 11.4 Å². The molecule has 1 N–H and O–H groups in total. The lowest BCUT2D eigenvalue weighted by atomic mass is 10.2. The van der Waals surface area contributed by atoms with Crippen molar-refractivity contribution in [3.63, 3.8) is 0 Å². The van der Waals surface area contributed by atoms with Crippen molar-refractivity contribution in [2.24, 2.45) is 22.1 Å². The number of hydrogen-bond donors (Lipinski definition) is 1. The number of nitrogens with zero attached hydrogens (tertiary/aromatic N) is 2. The molecule has 0 radical (unpaired) electrons. The highest BCUT2D eigenvalue weighted by molar-refractivity contribution is 5.94. The Morgan fingerprint density at radius 2 is 1.57 bits per heavy atom. The van der Waals surface area contributed by atoms with Crippen LogP contribution in [-0.2, 0) is 4.79 Å². The van der Waals surface area contributed by atoms with E-state index in [1.54, 1.807) is 0 Å². The molecule has 2 unspecified atom stereocenters. The number of azo groups is 1. The van der Waals surface area contributed by atoms with Crippen LogP contribution in [0.25, 0.3) is 0 Å². The average molecular weight is 279 g/mol. The highest BCUT2D eigenvalue weighted by atomic mass is 16.2. The molecule has 0 spiro atoms. The zero-order valence-corrected chi connectivity index (χ0v) is 11.9. The van der Waals surface area contributed by atoms with Gasteiger partial charge in [0, 0.05) is 11.6 Å². The zero-order valence-electron chi connectivity index (χ0n) is 11.9. The summed E-state index contributed by atoms with van der Waals surface area (Å²) in [6, 6.07) is 17.0. The first-order valence-corrected chi connectivity index (χ1v) is 7.10. The SMILES string of the molecule is CC1CC1C(=O)Nc1ccc(N=Nc2ccccc2)cc1. The van der Waals surface area contributed by atoms with Gasteiger partial charge in [-0.3, -0.25) is 4.79 Å². The van der Waals surface area contributed by atoms with Crippen molar-refractivity contribution in [3.8, 4) is 0 Å². The van der Waals surface area contributed by atoms with Gasteiger partial charge in [0.1, 0.15) is 0 Å². The van der Waals surface area contributed by atoms with Gasteiger partial charge in [0.15, 0.2) is 0 Å². The zero-order chi connectivity index (χ0) is 14.7. The molecular formula is C17H17N3O. The molecule has 0 saturated heterocycles. The lowest BCUT2D eigenvalue weighted by molar-refractivity contribution is -0.117. The van der Waals surface area contributed by atoms with E-state index in [1.165, 1.54) is 0 Å². The second kappa shape index (κ2) is 5.87. The van der Waals surface area contributed by atoms with Crippen molar-refractivity contribution >= 4 is 23.0 Å². The Labute approximate surface area is 123 Å². The minimum absolute atomic E-state index is 0.112. The molecule has 1 amide bonds. The van der Waals surface area contributed by atoms with Gasteiger partial charge in [-0.1, -0.05) is 25.1 Å². The van der Waals surface area contributed by atoms with Crippen LogP contribution in [-0.4, -0.2) is 5.91 Å². The number of rotatable bonds is 4. The molecule has 0 aromatic heterocycles. The van der Waals surface area contributed by atoms with Crippen molar-refractivity contribution in [3.05, 3.63) is 54.6 Å². The molecule has 1 aliphatic carbocycles. The maximum Gasteiger partial charge on any atom is 0.227 e. The largest absolute Gasteiger partial charge is 0.326 e. The topological polar surface area (TPSA) is 53.8 Å². The van der Waals surface area contributed by atoms with E-state index in [9.17, 15) is 4.79 Å². The number of amides is 1. The molecular weight excluding hydrogens is 262 g/mol. The summed E-state index contributed by atoms with van der Waals surface area (Å²) in [5.41, 5.74) is 2.38. The molecule has 2 atom stereocenters. The molecule has 2 aromatic rings. The summed E-state index contributed by atoms with van der Waals surface area (Å²) in [5, 5.41) is 11.2. The second-order valence-corrected chi connectivity index (χ2v) is 5.39. The van der Waals surface area contributed by atoms with E-state index >= 15 is 0 Å². The fourth-order valence-corrected chi connectivity index (χ4v) is 2.14. The van der Waals surface area contributed by atoms with Crippen molar-refractivity contribution in [2.75, 3.05) is 5.32 Å². The Kier molecular flexibility index (Phi) is 3.77. The van der Waals surface area contributed by atoms with Crippen LogP contribution < -0.4 is 5.32 Å². The van der Waals surface area contributed by atoms with E-state index in [0.29, 0.717) is 5.92 Å². The Morgan fingerprint density at radius 1 is 1.00 bits per heavy atom. The van der Waals surface area contributed by atoms with Crippen LogP contribution in [0.5, 0.6) is 0 Å². The number of carbonyl (C=O) groups excluding carboxylic acids is 1. The minimum Gasteiger partial charge on any atom is -0.326 e. The van der Waals surface area contributed by atoms with Gasteiger partial charge in [0.25, 0.3) is 0 Å².